The Bertz CT molecular complexity index is 570. The minimum Gasteiger partial charge on any atom is -0.348 e. The minimum absolute atomic E-state index is 0. The molecule has 2 atom stereocenters. The monoisotopic (exact) mass is 323 g/mol. The third-order valence-electron chi connectivity index (χ3n) is 3.37. The molecule has 0 saturated carbocycles. The van der Waals surface area contributed by atoms with E-state index < -0.39 is 6.04 Å². The number of benzene rings is 1. The molecule has 2 aromatic rings. The van der Waals surface area contributed by atoms with Crippen LogP contribution in [0.3, 0.4) is 0 Å². The van der Waals surface area contributed by atoms with Crippen molar-refractivity contribution in [2.24, 2.45) is 5.73 Å². The quantitative estimate of drug-likeness (QED) is 0.851. The van der Waals surface area contributed by atoms with Crippen LogP contribution in [0, 0.1) is 0 Å². The average molecular weight is 324 g/mol. The number of hydrogen-bond acceptors (Lipinski definition) is 4. The predicted octanol–water partition coefficient (Wildman–Crippen LogP) is 1.99. The molecule has 0 aliphatic heterocycles. The lowest BCUT2D eigenvalue weighted by Crippen LogP contribution is -2.41. The van der Waals surface area contributed by atoms with E-state index in [2.05, 4.69) is 15.4 Å². The van der Waals surface area contributed by atoms with Gasteiger partial charge in [-0.25, -0.2) is 9.67 Å². The SMILES string of the molecule is CCCC(N)C(=O)NC(C)c1ccc(-n2cncn2)cc1.Cl. The van der Waals surface area contributed by atoms with E-state index in [1.807, 2.05) is 38.1 Å². The topological polar surface area (TPSA) is 85.8 Å². The highest BCUT2D eigenvalue weighted by molar-refractivity contribution is 5.85. The van der Waals surface area contributed by atoms with E-state index in [1.54, 1.807) is 11.0 Å². The van der Waals surface area contributed by atoms with E-state index in [4.69, 9.17) is 5.73 Å². The van der Waals surface area contributed by atoms with Gasteiger partial charge in [0.25, 0.3) is 0 Å². The van der Waals surface area contributed by atoms with Crippen molar-refractivity contribution in [1.29, 1.82) is 0 Å². The maximum Gasteiger partial charge on any atom is 0.237 e. The zero-order chi connectivity index (χ0) is 15.2. The van der Waals surface area contributed by atoms with Crippen LogP contribution >= 0.6 is 12.4 Å². The largest absolute Gasteiger partial charge is 0.348 e. The molecule has 1 aromatic carbocycles. The maximum atomic E-state index is 11.9. The summed E-state index contributed by atoms with van der Waals surface area (Å²) in [5.74, 6) is -0.107. The van der Waals surface area contributed by atoms with Crippen molar-refractivity contribution in [3.05, 3.63) is 42.5 Å². The van der Waals surface area contributed by atoms with Crippen molar-refractivity contribution in [3.8, 4) is 5.69 Å². The van der Waals surface area contributed by atoms with Crippen molar-refractivity contribution in [3.63, 3.8) is 0 Å². The van der Waals surface area contributed by atoms with Crippen LogP contribution in [0.25, 0.3) is 5.69 Å². The van der Waals surface area contributed by atoms with Gasteiger partial charge in [-0.05, 0) is 31.0 Å². The Morgan fingerprint density at radius 2 is 2.05 bits per heavy atom. The molecule has 1 amide bonds. The molecule has 120 valence electrons. The van der Waals surface area contributed by atoms with E-state index in [1.165, 1.54) is 6.33 Å². The lowest BCUT2D eigenvalue weighted by molar-refractivity contribution is -0.123. The molecule has 0 saturated heterocycles. The van der Waals surface area contributed by atoms with Crippen molar-refractivity contribution < 1.29 is 4.79 Å². The van der Waals surface area contributed by atoms with E-state index in [-0.39, 0.29) is 24.4 Å². The van der Waals surface area contributed by atoms with Gasteiger partial charge in [-0.15, -0.1) is 12.4 Å². The molecule has 3 N–H and O–H groups in total. The first-order valence-electron chi connectivity index (χ1n) is 7.12. The molecule has 0 aliphatic rings. The first kappa shape index (κ1) is 18.1. The van der Waals surface area contributed by atoms with Gasteiger partial charge in [0.1, 0.15) is 12.7 Å². The predicted molar refractivity (Wildman–Crippen MR) is 88.0 cm³/mol. The van der Waals surface area contributed by atoms with Crippen molar-refractivity contribution in [1.82, 2.24) is 20.1 Å². The lowest BCUT2D eigenvalue weighted by atomic mass is 10.1. The van der Waals surface area contributed by atoms with E-state index >= 15 is 0 Å². The molecular formula is C15H22ClN5O. The zero-order valence-corrected chi connectivity index (χ0v) is 13.6. The average Bonchev–Trinajstić information content (AvgIpc) is 3.01. The first-order valence-corrected chi connectivity index (χ1v) is 7.12. The number of aromatic nitrogens is 3. The number of amides is 1. The van der Waals surface area contributed by atoms with E-state index in [9.17, 15) is 4.79 Å². The molecule has 7 heteroatoms. The molecular weight excluding hydrogens is 302 g/mol. The molecule has 0 radical (unpaired) electrons. The fourth-order valence-electron chi connectivity index (χ4n) is 2.10. The number of nitrogens with zero attached hydrogens (tertiary/aromatic N) is 3. The molecule has 0 aliphatic carbocycles. The number of carbonyl (C=O) groups excluding carboxylic acids is 1. The van der Waals surface area contributed by atoms with E-state index in [0.717, 1.165) is 17.7 Å². The van der Waals surface area contributed by atoms with Gasteiger partial charge in [-0.2, -0.15) is 5.10 Å². The highest BCUT2D eigenvalue weighted by Crippen LogP contribution is 2.15. The Morgan fingerprint density at radius 1 is 1.36 bits per heavy atom. The smallest absolute Gasteiger partial charge is 0.237 e. The normalized spacial score (nSPS) is 13.0. The fraction of sp³-hybridized carbons (Fsp3) is 0.400. The molecule has 2 rings (SSSR count). The number of nitrogens with two attached hydrogens (primary N) is 1. The van der Waals surface area contributed by atoms with Gasteiger partial charge >= 0.3 is 0 Å². The number of carbonyl (C=O) groups is 1. The van der Waals surface area contributed by atoms with Crippen LogP contribution < -0.4 is 11.1 Å². The Kier molecular flexibility index (Phi) is 7.01. The van der Waals surface area contributed by atoms with Crippen LogP contribution in [0.15, 0.2) is 36.9 Å². The Balaban J connectivity index is 0.00000242. The first-order chi connectivity index (χ1) is 10.1. The van der Waals surface area contributed by atoms with Crippen molar-refractivity contribution >= 4 is 18.3 Å². The van der Waals surface area contributed by atoms with Crippen LogP contribution in [-0.2, 0) is 4.79 Å². The van der Waals surface area contributed by atoms with Gasteiger partial charge in [0.05, 0.1) is 17.8 Å². The van der Waals surface area contributed by atoms with Gasteiger partial charge in [-0.1, -0.05) is 25.5 Å². The second kappa shape index (κ2) is 8.51. The molecule has 0 spiro atoms. The maximum absolute atomic E-state index is 11.9. The number of nitrogens with one attached hydrogen (secondary N) is 1. The fourth-order valence-corrected chi connectivity index (χ4v) is 2.10. The second-order valence-electron chi connectivity index (χ2n) is 5.06. The van der Waals surface area contributed by atoms with Crippen molar-refractivity contribution in [2.45, 2.75) is 38.8 Å². The summed E-state index contributed by atoms with van der Waals surface area (Å²) >= 11 is 0. The van der Waals surface area contributed by atoms with Crippen LogP contribution in [0.5, 0.6) is 0 Å². The molecule has 1 aromatic heterocycles. The minimum atomic E-state index is -0.438. The highest BCUT2D eigenvalue weighted by atomic mass is 35.5. The highest BCUT2D eigenvalue weighted by Gasteiger charge is 2.15. The Hall–Kier alpha value is -1.92. The van der Waals surface area contributed by atoms with Gasteiger partial charge in [0, 0.05) is 0 Å². The van der Waals surface area contributed by atoms with Gasteiger partial charge in [0.2, 0.25) is 5.91 Å². The molecule has 2 unspecified atom stereocenters. The summed E-state index contributed by atoms with van der Waals surface area (Å²) in [7, 11) is 0. The summed E-state index contributed by atoms with van der Waals surface area (Å²) in [6, 6.07) is 7.30. The molecule has 6 nitrogen and oxygen atoms in total. The summed E-state index contributed by atoms with van der Waals surface area (Å²) in [6.07, 6.45) is 4.73. The van der Waals surface area contributed by atoms with Gasteiger partial charge < -0.3 is 11.1 Å². The van der Waals surface area contributed by atoms with Gasteiger partial charge in [-0.3, -0.25) is 4.79 Å². The molecule has 1 heterocycles. The summed E-state index contributed by atoms with van der Waals surface area (Å²) in [5.41, 5.74) is 7.76. The number of rotatable bonds is 6. The molecule has 22 heavy (non-hydrogen) atoms. The van der Waals surface area contributed by atoms with Crippen LogP contribution in [0.4, 0.5) is 0 Å². The van der Waals surface area contributed by atoms with E-state index in [0.29, 0.717) is 6.42 Å². The third kappa shape index (κ3) is 4.54. The summed E-state index contributed by atoms with van der Waals surface area (Å²) in [5, 5.41) is 7.01. The molecule has 0 bridgehead atoms. The van der Waals surface area contributed by atoms with Gasteiger partial charge in [0.15, 0.2) is 0 Å². The number of halogens is 1. The lowest BCUT2D eigenvalue weighted by Gasteiger charge is -2.18. The zero-order valence-electron chi connectivity index (χ0n) is 12.8. The second-order valence-corrected chi connectivity index (χ2v) is 5.06. The number of hydrogen-bond donors (Lipinski definition) is 2. The van der Waals surface area contributed by atoms with Crippen LogP contribution in [0.1, 0.15) is 38.3 Å². The summed E-state index contributed by atoms with van der Waals surface area (Å²) in [6.45, 7) is 3.96. The summed E-state index contributed by atoms with van der Waals surface area (Å²) < 4.78 is 1.68. The Morgan fingerprint density at radius 3 is 2.59 bits per heavy atom. The van der Waals surface area contributed by atoms with Crippen LogP contribution in [0.2, 0.25) is 0 Å². The summed E-state index contributed by atoms with van der Waals surface area (Å²) in [4.78, 5) is 15.8. The Labute approximate surface area is 136 Å². The van der Waals surface area contributed by atoms with Crippen LogP contribution in [-0.4, -0.2) is 26.7 Å². The molecule has 0 fully saturated rings. The standard InChI is InChI=1S/C15H21N5O.ClH/c1-3-4-14(16)15(21)19-11(2)12-5-7-13(8-6-12)20-10-17-9-18-20;/h5-11,14H,3-4,16H2,1-2H3,(H,19,21);1H. The third-order valence-corrected chi connectivity index (χ3v) is 3.37. The van der Waals surface area contributed by atoms with Crippen molar-refractivity contribution in [2.75, 3.05) is 0 Å².